The van der Waals surface area contributed by atoms with Crippen LogP contribution in [0.2, 0.25) is 0 Å². The largest absolute Gasteiger partial charge is 0.377 e. The minimum absolute atomic E-state index is 0.128. The van der Waals surface area contributed by atoms with Crippen LogP contribution in [0.5, 0.6) is 0 Å². The summed E-state index contributed by atoms with van der Waals surface area (Å²) < 4.78 is 4.97. The number of aromatic nitrogens is 4. The number of ether oxygens (including phenoxy) is 1. The summed E-state index contributed by atoms with van der Waals surface area (Å²) in [6.45, 7) is 4.27. The topological polar surface area (TPSA) is 110 Å². The number of hydrogen-bond donors (Lipinski definition) is 2. The minimum Gasteiger partial charge on any atom is -0.377 e. The maximum absolute atomic E-state index is 12.2. The maximum atomic E-state index is 12.2. The number of methoxy groups -OCH3 is 1. The van der Waals surface area contributed by atoms with Crippen LogP contribution in [0.25, 0.3) is 10.2 Å². The zero-order chi connectivity index (χ0) is 18.7. The smallest absolute Gasteiger partial charge is 0.259 e. The molecule has 0 aliphatic rings. The molecule has 0 bridgehead atoms. The second-order valence-corrected chi connectivity index (χ2v) is 8.70. The highest BCUT2D eigenvalue weighted by atomic mass is 32.2. The van der Waals surface area contributed by atoms with Gasteiger partial charge in [-0.15, -0.1) is 33.3 Å². The monoisotopic (exact) mass is 411 g/mol. The number of nitrogens with one attached hydrogen (secondary N) is 2. The van der Waals surface area contributed by atoms with Crippen molar-refractivity contribution in [3.63, 3.8) is 0 Å². The van der Waals surface area contributed by atoms with Gasteiger partial charge in [-0.3, -0.25) is 14.9 Å². The number of carbonyl (C=O) groups excluding carboxylic acids is 1. The molecule has 3 rings (SSSR count). The number of aromatic amines is 1. The van der Waals surface area contributed by atoms with Crippen LogP contribution in [0, 0.1) is 13.8 Å². The summed E-state index contributed by atoms with van der Waals surface area (Å²) in [5, 5.41) is 12.3. The molecule has 0 aliphatic carbocycles. The molecule has 26 heavy (non-hydrogen) atoms. The molecule has 3 heterocycles. The van der Waals surface area contributed by atoms with Crippen molar-refractivity contribution in [3.8, 4) is 0 Å². The summed E-state index contributed by atoms with van der Waals surface area (Å²) in [6, 6.07) is 0. The van der Waals surface area contributed by atoms with Crippen molar-refractivity contribution in [2.45, 2.75) is 26.2 Å². The van der Waals surface area contributed by atoms with Crippen molar-refractivity contribution >= 4 is 55.7 Å². The summed E-state index contributed by atoms with van der Waals surface area (Å²) in [4.78, 5) is 33.3. The summed E-state index contributed by atoms with van der Waals surface area (Å²) in [5.74, 6) is 1.06. The third-order valence-corrected chi connectivity index (χ3v) is 6.40. The van der Waals surface area contributed by atoms with Gasteiger partial charge >= 0.3 is 0 Å². The molecule has 3 aromatic rings. The van der Waals surface area contributed by atoms with Gasteiger partial charge in [0.1, 0.15) is 22.3 Å². The first-order valence-electron chi connectivity index (χ1n) is 7.65. The predicted molar refractivity (Wildman–Crippen MR) is 105 cm³/mol. The second-order valence-electron chi connectivity index (χ2n) is 5.45. The van der Waals surface area contributed by atoms with Crippen molar-refractivity contribution in [2.24, 2.45) is 0 Å². The van der Waals surface area contributed by atoms with E-state index in [-0.39, 0.29) is 17.2 Å². The van der Waals surface area contributed by atoms with E-state index in [4.69, 9.17) is 4.74 Å². The molecule has 0 saturated heterocycles. The van der Waals surface area contributed by atoms with E-state index in [9.17, 15) is 9.59 Å². The highest BCUT2D eigenvalue weighted by Crippen LogP contribution is 2.26. The normalized spacial score (nSPS) is 11.2. The quantitative estimate of drug-likeness (QED) is 0.614. The fraction of sp³-hybridized carbons (Fsp3) is 0.400. The van der Waals surface area contributed by atoms with Gasteiger partial charge < -0.3 is 9.72 Å². The summed E-state index contributed by atoms with van der Waals surface area (Å²) in [6.07, 6.45) is 0. The van der Waals surface area contributed by atoms with E-state index in [1.807, 2.05) is 13.8 Å². The van der Waals surface area contributed by atoms with Gasteiger partial charge in [0.15, 0.2) is 0 Å². The lowest BCUT2D eigenvalue weighted by Crippen LogP contribution is -2.15. The van der Waals surface area contributed by atoms with Gasteiger partial charge in [0.2, 0.25) is 11.0 Å². The Labute approximate surface area is 161 Å². The average molecular weight is 412 g/mol. The Morgan fingerprint density at radius 2 is 2.12 bits per heavy atom. The van der Waals surface area contributed by atoms with Crippen LogP contribution in [0.1, 0.15) is 21.3 Å². The number of anilines is 1. The summed E-state index contributed by atoms with van der Waals surface area (Å²) in [5.41, 5.74) is 0.846. The molecule has 0 atom stereocenters. The molecule has 3 aromatic heterocycles. The van der Waals surface area contributed by atoms with Crippen LogP contribution < -0.4 is 10.9 Å². The molecule has 138 valence electrons. The third kappa shape index (κ3) is 4.29. The zero-order valence-corrected chi connectivity index (χ0v) is 16.9. The summed E-state index contributed by atoms with van der Waals surface area (Å²) >= 11 is 4.16. The lowest BCUT2D eigenvalue weighted by Gasteiger charge is -2.02. The van der Waals surface area contributed by atoms with E-state index in [2.05, 4.69) is 25.5 Å². The highest BCUT2D eigenvalue weighted by molar-refractivity contribution is 7.99. The molecule has 0 unspecified atom stereocenters. The molecular weight excluding hydrogens is 394 g/mol. The Hall–Kier alpha value is -1.82. The Bertz CT molecular complexity index is 994. The number of nitrogens with zero attached hydrogens (tertiary/aromatic N) is 3. The van der Waals surface area contributed by atoms with Crippen LogP contribution >= 0.6 is 34.4 Å². The van der Waals surface area contributed by atoms with Crippen LogP contribution in [0.3, 0.4) is 0 Å². The number of thioether (sulfide) groups is 1. The maximum Gasteiger partial charge on any atom is 0.259 e. The minimum atomic E-state index is -0.179. The molecule has 11 heteroatoms. The fourth-order valence-corrected chi connectivity index (χ4v) is 4.72. The molecule has 0 radical (unpaired) electrons. The zero-order valence-electron chi connectivity index (χ0n) is 14.4. The van der Waals surface area contributed by atoms with E-state index in [0.29, 0.717) is 33.7 Å². The van der Waals surface area contributed by atoms with Gasteiger partial charge in [0.05, 0.1) is 16.9 Å². The predicted octanol–water partition coefficient (Wildman–Crippen LogP) is 2.47. The van der Waals surface area contributed by atoms with Gasteiger partial charge in [-0.05, 0) is 19.4 Å². The molecule has 0 fully saturated rings. The number of aryl methyl sites for hydroxylation is 2. The van der Waals surface area contributed by atoms with E-state index in [0.717, 1.165) is 15.3 Å². The Balaban J connectivity index is 1.56. The van der Waals surface area contributed by atoms with Gasteiger partial charge in [-0.2, -0.15) is 0 Å². The average Bonchev–Trinajstić information content (AvgIpc) is 3.12. The number of fused-ring (bicyclic) bond motifs is 1. The van der Waals surface area contributed by atoms with Crippen molar-refractivity contribution < 1.29 is 9.53 Å². The fourth-order valence-electron chi connectivity index (χ4n) is 2.25. The van der Waals surface area contributed by atoms with Crippen molar-refractivity contribution in [2.75, 3.05) is 18.2 Å². The number of thiophene rings is 1. The van der Waals surface area contributed by atoms with Crippen LogP contribution in [0.15, 0.2) is 4.79 Å². The van der Waals surface area contributed by atoms with Gasteiger partial charge in [-0.25, -0.2) is 4.98 Å². The lowest BCUT2D eigenvalue weighted by atomic mass is 10.2. The van der Waals surface area contributed by atoms with E-state index in [1.165, 1.54) is 34.4 Å². The standard InChI is InChI=1S/C15H17N5O3S3/c1-7-8(2)25-14-12(7)13(22)16-9(17-14)5-24-6-10(21)18-15-20-19-11(26-15)4-23-3/h4-6H2,1-3H3,(H,16,17,22)(H,18,20,21). The molecule has 1 amide bonds. The molecule has 0 aliphatic heterocycles. The van der Waals surface area contributed by atoms with Crippen molar-refractivity contribution in [1.29, 1.82) is 0 Å². The molecule has 0 saturated carbocycles. The number of rotatable bonds is 7. The molecule has 8 nitrogen and oxygen atoms in total. The van der Waals surface area contributed by atoms with Crippen molar-refractivity contribution in [3.05, 3.63) is 31.6 Å². The number of hydrogen-bond acceptors (Lipinski definition) is 9. The molecule has 0 aromatic carbocycles. The Morgan fingerprint density at radius 1 is 1.31 bits per heavy atom. The van der Waals surface area contributed by atoms with E-state index < -0.39 is 0 Å². The first kappa shape index (κ1) is 19.0. The summed E-state index contributed by atoms with van der Waals surface area (Å²) in [7, 11) is 1.57. The highest BCUT2D eigenvalue weighted by Gasteiger charge is 2.13. The Morgan fingerprint density at radius 3 is 2.88 bits per heavy atom. The first-order valence-corrected chi connectivity index (χ1v) is 10.4. The SMILES string of the molecule is COCc1nnc(NC(=O)CSCc2nc3sc(C)c(C)c3c(=O)[nH]2)s1. The van der Waals surface area contributed by atoms with Crippen LogP contribution in [-0.2, 0) is 21.9 Å². The van der Waals surface area contributed by atoms with Gasteiger partial charge in [0.25, 0.3) is 5.56 Å². The second kappa shape index (κ2) is 8.25. The molecular formula is C15H17N5O3S3. The van der Waals surface area contributed by atoms with E-state index in [1.54, 1.807) is 7.11 Å². The number of amides is 1. The van der Waals surface area contributed by atoms with Crippen molar-refractivity contribution in [1.82, 2.24) is 20.2 Å². The first-order chi connectivity index (χ1) is 12.5. The Kier molecular flexibility index (Phi) is 6.01. The van der Waals surface area contributed by atoms with Gasteiger partial charge in [-0.1, -0.05) is 11.3 Å². The number of H-pyrrole nitrogens is 1. The van der Waals surface area contributed by atoms with Crippen LogP contribution in [-0.4, -0.2) is 38.9 Å². The molecule has 0 spiro atoms. The number of carbonyl (C=O) groups is 1. The van der Waals surface area contributed by atoms with Gasteiger partial charge in [0, 0.05) is 12.0 Å². The third-order valence-electron chi connectivity index (χ3n) is 3.54. The lowest BCUT2D eigenvalue weighted by molar-refractivity contribution is -0.113. The van der Waals surface area contributed by atoms with Crippen LogP contribution in [0.4, 0.5) is 5.13 Å². The molecule has 2 N–H and O–H groups in total. The van der Waals surface area contributed by atoms with E-state index >= 15 is 0 Å².